The second-order valence-corrected chi connectivity index (χ2v) is 0. The van der Waals surface area contributed by atoms with E-state index in [1.165, 1.54) is 0 Å². The van der Waals surface area contributed by atoms with Crippen LogP contribution in [0.2, 0.25) is 0 Å². The Bertz CT molecular complexity index is 7.61. The van der Waals surface area contributed by atoms with E-state index in [1.54, 1.807) is 0 Å². The van der Waals surface area contributed by atoms with Gasteiger partial charge in [-0.3, -0.25) is 0 Å². The second kappa shape index (κ2) is 33.3. The molecule has 0 bridgehead atoms. The zero-order chi connectivity index (χ0) is 0. The van der Waals surface area contributed by atoms with Gasteiger partial charge >= 0.3 is 71.9 Å². The molecule has 0 saturated heterocycles. The molecule has 0 atom stereocenters. The van der Waals surface area contributed by atoms with E-state index in [0.29, 0.717) is 0 Å². The first-order valence-electron chi connectivity index (χ1n) is 0. The van der Waals surface area contributed by atoms with Gasteiger partial charge in [0.1, 0.15) is 0 Å². The van der Waals surface area contributed by atoms with Crippen molar-refractivity contribution in [2.24, 2.45) is 0 Å². The Balaban J connectivity index is 0. The summed E-state index contributed by atoms with van der Waals surface area (Å²) < 4.78 is 0. The van der Waals surface area contributed by atoms with Crippen LogP contribution < -0.4 is 0 Å². The molecule has 0 heterocycles. The molecule has 0 aromatic rings. The Labute approximate surface area is 81.7 Å². The predicted molar refractivity (Wildman–Crippen MR) is 1.37 cm³/mol. The van der Waals surface area contributed by atoms with Gasteiger partial charge in [-0.25, -0.2) is 0 Å². The third kappa shape index (κ3) is 22.0. The molecule has 0 fully saturated rings. The van der Waals surface area contributed by atoms with E-state index in [2.05, 4.69) is 0 Å². The van der Waals surface area contributed by atoms with Gasteiger partial charge in [-0.2, -0.15) is 0 Å². The molecule has 0 spiro atoms. The summed E-state index contributed by atoms with van der Waals surface area (Å²) in [5, 5.41) is 0. The van der Waals surface area contributed by atoms with E-state index in [4.69, 9.17) is 0 Å². The quantitative estimate of drug-likeness (QED) is 0.550. The molecule has 2 nitrogen and oxygen atoms in total. The van der Waals surface area contributed by atoms with E-state index in [-0.39, 0.29) is 82.8 Å². The van der Waals surface area contributed by atoms with Gasteiger partial charge in [0.2, 0.25) is 0 Å². The number of rotatable bonds is 0. The van der Waals surface area contributed by atoms with Crippen LogP contribution in [-0.4, -0.2) is 0 Å². The molecule has 0 aromatic carbocycles. The minimum absolute atomic E-state index is 0. The zero-order valence-electron chi connectivity index (χ0n) is 2.52. The maximum Gasteiger partial charge on any atom is 4.00 e. The fourth-order valence-electron chi connectivity index (χ4n) is 0. The molecule has 0 aliphatic heterocycles. The number of hydrogen-bond donors (Lipinski definition) is 0. The average molecular weight is 280 g/mol. The molecule has 0 unspecified atom stereocenters. The van der Waals surface area contributed by atoms with E-state index in [9.17, 15) is 0 Å². The van der Waals surface area contributed by atoms with Crippen molar-refractivity contribution in [2.75, 3.05) is 0 Å². The van der Waals surface area contributed by atoms with Gasteiger partial charge in [-0.05, 0) is 0 Å². The van der Waals surface area contributed by atoms with Gasteiger partial charge in [0.15, 0.2) is 0 Å². The van der Waals surface area contributed by atoms with Crippen LogP contribution in [0.25, 0.3) is 0 Å². The second-order valence-electron chi connectivity index (χ2n) is 0. The number of hydrogen-bond acceptors (Lipinski definition) is 0. The molecule has 0 rings (SSSR count). The normalized spacial score (nSPS) is 0. The fraction of sp³-hybridized carbons (Fsp3) is 0. The molecule has 16 valence electrons. The maximum absolute atomic E-state index is 0. The minimum Gasteiger partial charge on any atom is -2.00 e. The van der Waals surface area contributed by atoms with Crippen LogP contribution in [0, 0.1) is 0 Å². The van der Waals surface area contributed by atoms with Gasteiger partial charge in [-0.1, -0.05) is 0 Å². The largest absolute Gasteiger partial charge is 4.00 e. The predicted octanol–water partition coefficient (Wildman–Crippen LogP) is -0.245. The van der Waals surface area contributed by atoms with Crippen molar-refractivity contribution >= 4 is 0 Å². The Hall–Kier alpha value is 2.31. The van der Waals surface area contributed by atoms with Crippen LogP contribution in [0.1, 0.15) is 0 Å². The van der Waals surface area contributed by atoms with E-state index < -0.39 is 0 Å². The summed E-state index contributed by atoms with van der Waals surface area (Å²) >= 11 is 0. The van der Waals surface area contributed by atoms with Gasteiger partial charge in [0, 0.05) is 0 Å². The molecule has 0 aromatic heterocycles. The van der Waals surface area contributed by atoms with Crippen molar-refractivity contribution in [3.8, 4) is 0 Å². The maximum atomic E-state index is 0. The molecule has 5 heteroatoms. The van der Waals surface area contributed by atoms with Crippen molar-refractivity contribution in [1.82, 2.24) is 0 Å². The molecular weight excluding hydrogens is 280 g/mol. The molecule has 0 radical (unpaired) electrons. The van der Waals surface area contributed by atoms with Crippen molar-refractivity contribution < 1.29 is 82.8 Å². The first kappa shape index (κ1) is 54.6. The van der Waals surface area contributed by atoms with Crippen LogP contribution >= 0.6 is 0 Å². The average Bonchev–Trinajstić information content (AvgIpc) is 0. The van der Waals surface area contributed by atoms with Crippen LogP contribution in [0.15, 0.2) is 0 Å². The smallest absolute Gasteiger partial charge is 2.00 e. The molecule has 5 heavy (non-hydrogen) atoms. The summed E-state index contributed by atoms with van der Waals surface area (Å²) in [4.78, 5) is 0. The molecule has 0 N–H and O–H groups in total. The first-order chi connectivity index (χ1) is 0. The van der Waals surface area contributed by atoms with Gasteiger partial charge in [-0.15, -0.1) is 0 Å². The van der Waals surface area contributed by atoms with Crippen molar-refractivity contribution in [1.29, 1.82) is 0 Å². The third-order valence-corrected chi connectivity index (χ3v) is 0. The molecular formula is O2ZnZr2+6. The van der Waals surface area contributed by atoms with E-state index >= 15 is 0 Å². The van der Waals surface area contributed by atoms with Crippen LogP contribution in [0.5, 0.6) is 0 Å². The Kier molecular flexibility index (Phi) is 364. The Morgan fingerprint density at radius 2 is 0.600 bits per heavy atom. The standard InChI is InChI=1S/2O.Zn.2Zr/q2*-2;+2;2*+4. The minimum atomic E-state index is 0. The fourth-order valence-corrected chi connectivity index (χ4v) is 0. The van der Waals surface area contributed by atoms with Crippen LogP contribution in [0.3, 0.4) is 0 Å². The van der Waals surface area contributed by atoms with Gasteiger partial charge in [0.05, 0.1) is 0 Å². The van der Waals surface area contributed by atoms with Crippen molar-refractivity contribution in [3.63, 3.8) is 0 Å². The van der Waals surface area contributed by atoms with Gasteiger partial charge in [0.25, 0.3) is 0 Å². The summed E-state index contributed by atoms with van der Waals surface area (Å²) in [5.41, 5.74) is 0. The van der Waals surface area contributed by atoms with Crippen molar-refractivity contribution in [3.05, 3.63) is 0 Å². The first-order valence-corrected chi connectivity index (χ1v) is 0. The summed E-state index contributed by atoms with van der Waals surface area (Å²) in [6.45, 7) is 0. The third-order valence-electron chi connectivity index (χ3n) is 0. The van der Waals surface area contributed by atoms with Crippen LogP contribution in [0.4, 0.5) is 0 Å². The molecule has 0 aliphatic carbocycles. The van der Waals surface area contributed by atoms with E-state index in [0.717, 1.165) is 0 Å². The Morgan fingerprint density at radius 1 is 0.600 bits per heavy atom. The summed E-state index contributed by atoms with van der Waals surface area (Å²) in [5.74, 6) is 0. The summed E-state index contributed by atoms with van der Waals surface area (Å²) in [7, 11) is 0. The SMILES string of the molecule is [O-2].[O-2].[Zn+2].[Zr+4].[Zr+4]. The van der Waals surface area contributed by atoms with Gasteiger partial charge < -0.3 is 11.0 Å². The zero-order valence-corrected chi connectivity index (χ0v) is 10.4. The van der Waals surface area contributed by atoms with Crippen molar-refractivity contribution in [2.45, 2.75) is 0 Å². The summed E-state index contributed by atoms with van der Waals surface area (Å²) in [6.07, 6.45) is 0. The molecule has 0 saturated carbocycles. The molecule has 0 amide bonds. The van der Waals surface area contributed by atoms with E-state index in [1.807, 2.05) is 0 Å². The van der Waals surface area contributed by atoms with Crippen LogP contribution in [-0.2, 0) is 82.8 Å². The topological polar surface area (TPSA) is 57.0 Å². The monoisotopic (exact) mass is 276 g/mol. The summed E-state index contributed by atoms with van der Waals surface area (Å²) in [6, 6.07) is 0. The Morgan fingerprint density at radius 3 is 0.600 bits per heavy atom. The molecule has 0 aliphatic rings.